The maximum atomic E-state index is 13.0. The largest absolute Gasteiger partial charge is 0.322 e. The van der Waals surface area contributed by atoms with E-state index in [1.54, 1.807) is 0 Å². The Balaban J connectivity index is 1.86. The lowest BCUT2D eigenvalue weighted by Gasteiger charge is -2.35. The van der Waals surface area contributed by atoms with E-state index in [4.69, 9.17) is 0 Å². The van der Waals surface area contributed by atoms with Crippen molar-refractivity contribution in [3.63, 3.8) is 0 Å². The SMILES string of the molecule is CC(C)C1Cc2c(NC(=O)c3cccnc3C(F)F)cccc21. The van der Waals surface area contributed by atoms with Crippen LogP contribution in [0.5, 0.6) is 0 Å². The first-order valence-electron chi connectivity index (χ1n) is 7.65. The third-order valence-corrected chi connectivity index (χ3v) is 4.38. The lowest BCUT2D eigenvalue weighted by atomic mass is 9.71. The van der Waals surface area contributed by atoms with Crippen LogP contribution in [0.15, 0.2) is 36.5 Å². The Morgan fingerprint density at radius 3 is 2.74 bits per heavy atom. The van der Waals surface area contributed by atoms with Gasteiger partial charge in [0.2, 0.25) is 0 Å². The van der Waals surface area contributed by atoms with E-state index in [0.29, 0.717) is 17.5 Å². The Morgan fingerprint density at radius 2 is 2.04 bits per heavy atom. The highest BCUT2D eigenvalue weighted by Gasteiger charge is 2.31. The number of hydrogen-bond acceptors (Lipinski definition) is 2. The summed E-state index contributed by atoms with van der Waals surface area (Å²) >= 11 is 0. The number of rotatable bonds is 4. The lowest BCUT2D eigenvalue weighted by Crippen LogP contribution is -2.25. The van der Waals surface area contributed by atoms with Crippen molar-refractivity contribution in [1.82, 2.24) is 4.98 Å². The molecule has 0 radical (unpaired) electrons. The molecule has 3 rings (SSSR count). The molecule has 1 N–H and O–H groups in total. The van der Waals surface area contributed by atoms with Crippen LogP contribution >= 0.6 is 0 Å². The summed E-state index contributed by atoms with van der Waals surface area (Å²) in [6, 6.07) is 8.62. The van der Waals surface area contributed by atoms with E-state index in [1.165, 1.54) is 23.9 Å². The minimum absolute atomic E-state index is 0.0835. The van der Waals surface area contributed by atoms with E-state index in [9.17, 15) is 13.6 Å². The van der Waals surface area contributed by atoms with Gasteiger partial charge in [-0.25, -0.2) is 8.78 Å². The molecule has 1 aliphatic carbocycles. The molecule has 0 aliphatic heterocycles. The number of anilines is 1. The zero-order valence-corrected chi connectivity index (χ0v) is 13.0. The van der Waals surface area contributed by atoms with Crippen LogP contribution < -0.4 is 5.32 Å². The Morgan fingerprint density at radius 1 is 1.26 bits per heavy atom. The summed E-state index contributed by atoms with van der Waals surface area (Å²) in [5.41, 5.74) is 2.47. The Kier molecular flexibility index (Phi) is 4.11. The van der Waals surface area contributed by atoms with Crippen molar-refractivity contribution in [2.45, 2.75) is 32.6 Å². The Bertz CT molecular complexity index is 744. The third-order valence-electron chi connectivity index (χ3n) is 4.38. The zero-order chi connectivity index (χ0) is 16.6. The summed E-state index contributed by atoms with van der Waals surface area (Å²) in [5.74, 6) is 0.490. The highest BCUT2D eigenvalue weighted by molar-refractivity contribution is 6.05. The first kappa shape index (κ1) is 15.6. The van der Waals surface area contributed by atoms with E-state index in [-0.39, 0.29) is 5.56 Å². The fourth-order valence-electron chi connectivity index (χ4n) is 3.06. The minimum atomic E-state index is -2.78. The van der Waals surface area contributed by atoms with Crippen LogP contribution in [0.4, 0.5) is 14.5 Å². The number of nitrogens with zero attached hydrogens (tertiary/aromatic N) is 1. The lowest BCUT2D eigenvalue weighted by molar-refractivity contribution is 0.100. The van der Waals surface area contributed by atoms with Gasteiger partial charge in [-0.3, -0.25) is 9.78 Å². The maximum absolute atomic E-state index is 13.0. The maximum Gasteiger partial charge on any atom is 0.281 e. The van der Waals surface area contributed by atoms with Crippen LogP contribution in [-0.2, 0) is 6.42 Å². The number of nitrogens with one attached hydrogen (secondary N) is 1. The molecule has 1 amide bonds. The molecule has 5 heteroatoms. The second-order valence-electron chi connectivity index (χ2n) is 6.12. The molecule has 1 atom stereocenters. The Hall–Kier alpha value is -2.30. The van der Waals surface area contributed by atoms with Crippen molar-refractivity contribution >= 4 is 11.6 Å². The summed E-state index contributed by atoms with van der Waals surface area (Å²) in [4.78, 5) is 16.0. The van der Waals surface area contributed by atoms with Crippen molar-refractivity contribution in [2.75, 3.05) is 5.32 Å². The second-order valence-corrected chi connectivity index (χ2v) is 6.12. The van der Waals surface area contributed by atoms with E-state index in [1.807, 2.05) is 12.1 Å². The predicted octanol–water partition coefficient (Wildman–Crippen LogP) is 4.57. The summed E-state index contributed by atoms with van der Waals surface area (Å²) in [7, 11) is 0. The number of benzene rings is 1. The van der Waals surface area contributed by atoms with Crippen LogP contribution in [0.2, 0.25) is 0 Å². The first-order valence-corrected chi connectivity index (χ1v) is 7.65. The molecule has 0 spiro atoms. The van der Waals surface area contributed by atoms with Crippen LogP contribution in [0, 0.1) is 5.92 Å². The molecule has 0 saturated carbocycles. The molecule has 1 aliphatic rings. The van der Waals surface area contributed by atoms with Crippen molar-refractivity contribution in [3.05, 3.63) is 58.9 Å². The molecule has 1 aromatic heterocycles. The third kappa shape index (κ3) is 2.83. The van der Waals surface area contributed by atoms with Gasteiger partial charge in [-0.15, -0.1) is 0 Å². The number of carbonyl (C=O) groups is 1. The topological polar surface area (TPSA) is 42.0 Å². The van der Waals surface area contributed by atoms with Gasteiger partial charge in [-0.05, 0) is 47.6 Å². The average molecular weight is 316 g/mol. The standard InChI is InChI=1S/C18H18F2N2O/c1-10(2)13-9-14-11(13)5-3-7-15(14)22-18(23)12-6-4-8-21-16(12)17(19)20/h3-8,10,13,17H,9H2,1-2H3,(H,22,23). The fraction of sp³-hybridized carbons (Fsp3) is 0.333. The van der Waals surface area contributed by atoms with E-state index in [2.05, 4.69) is 30.2 Å². The molecule has 3 nitrogen and oxygen atoms in total. The Labute approximate surface area is 133 Å². The monoisotopic (exact) mass is 316 g/mol. The van der Waals surface area contributed by atoms with Gasteiger partial charge in [0.25, 0.3) is 12.3 Å². The number of pyridine rings is 1. The first-order chi connectivity index (χ1) is 11.0. The molecular formula is C18H18F2N2O. The number of fused-ring (bicyclic) bond motifs is 1. The van der Waals surface area contributed by atoms with Crippen LogP contribution in [0.1, 0.15) is 53.4 Å². The van der Waals surface area contributed by atoms with Gasteiger partial charge < -0.3 is 5.32 Å². The van der Waals surface area contributed by atoms with Gasteiger partial charge in [-0.1, -0.05) is 26.0 Å². The van der Waals surface area contributed by atoms with Gasteiger partial charge in [-0.2, -0.15) is 0 Å². The average Bonchev–Trinajstić information content (AvgIpc) is 2.48. The van der Waals surface area contributed by atoms with E-state index in [0.717, 1.165) is 12.0 Å². The molecule has 1 aromatic carbocycles. The zero-order valence-electron chi connectivity index (χ0n) is 13.0. The van der Waals surface area contributed by atoms with Crippen molar-refractivity contribution in [1.29, 1.82) is 0 Å². The number of hydrogen-bond donors (Lipinski definition) is 1. The van der Waals surface area contributed by atoms with Crippen LogP contribution in [0.3, 0.4) is 0 Å². The van der Waals surface area contributed by atoms with Crippen molar-refractivity contribution < 1.29 is 13.6 Å². The highest BCUT2D eigenvalue weighted by Crippen LogP contribution is 2.43. The number of amides is 1. The predicted molar refractivity (Wildman–Crippen MR) is 84.9 cm³/mol. The van der Waals surface area contributed by atoms with Crippen molar-refractivity contribution in [3.8, 4) is 0 Å². The van der Waals surface area contributed by atoms with E-state index < -0.39 is 18.0 Å². The number of alkyl halides is 2. The van der Waals surface area contributed by atoms with Gasteiger partial charge in [0.05, 0.1) is 5.56 Å². The highest BCUT2D eigenvalue weighted by atomic mass is 19.3. The summed E-state index contributed by atoms with van der Waals surface area (Å²) in [6.07, 6.45) is -0.611. The molecule has 23 heavy (non-hydrogen) atoms. The molecule has 1 heterocycles. The summed E-state index contributed by atoms with van der Waals surface area (Å²) < 4.78 is 26.0. The molecule has 0 fully saturated rings. The van der Waals surface area contributed by atoms with E-state index >= 15 is 0 Å². The normalized spacial score (nSPS) is 16.2. The minimum Gasteiger partial charge on any atom is -0.322 e. The van der Waals surface area contributed by atoms with Crippen molar-refractivity contribution in [2.24, 2.45) is 5.92 Å². The molecular weight excluding hydrogens is 298 g/mol. The van der Waals surface area contributed by atoms with Crippen LogP contribution in [0.25, 0.3) is 0 Å². The summed E-state index contributed by atoms with van der Waals surface area (Å²) in [6.45, 7) is 4.34. The molecule has 0 bridgehead atoms. The fourth-order valence-corrected chi connectivity index (χ4v) is 3.06. The number of halogens is 2. The number of carbonyl (C=O) groups excluding carboxylic acids is 1. The van der Waals surface area contributed by atoms with Gasteiger partial charge >= 0.3 is 0 Å². The molecule has 120 valence electrons. The number of aromatic nitrogens is 1. The smallest absolute Gasteiger partial charge is 0.281 e. The van der Waals surface area contributed by atoms with Crippen LogP contribution in [-0.4, -0.2) is 10.9 Å². The molecule has 2 aromatic rings. The quantitative estimate of drug-likeness (QED) is 0.898. The molecule has 0 saturated heterocycles. The van der Waals surface area contributed by atoms with Gasteiger partial charge in [0.15, 0.2) is 0 Å². The molecule has 1 unspecified atom stereocenters. The van der Waals surface area contributed by atoms with Gasteiger partial charge in [0.1, 0.15) is 5.69 Å². The second kappa shape index (κ2) is 6.07. The summed E-state index contributed by atoms with van der Waals surface area (Å²) in [5, 5.41) is 2.76. The van der Waals surface area contributed by atoms with Gasteiger partial charge in [0, 0.05) is 11.9 Å².